The predicted octanol–water partition coefficient (Wildman–Crippen LogP) is 4.31. The number of thiazole rings is 1. The highest BCUT2D eigenvalue weighted by molar-refractivity contribution is 7.18. The lowest BCUT2D eigenvalue weighted by molar-refractivity contribution is -0.156. The number of esters is 1. The molecule has 4 rings (SSSR count). The molecule has 2 aliphatic rings. The summed E-state index contributed by atoms with van der Waals surface area (Å²) in [5.41, 5.74) is 0.288. The van der Waals surface area contributed by atoms with Crippen molar-refractivity contribution in [3.05, 3.63) is 28.8 Å². The molecule has 1 aromatic carbocycles. The lowest BCUT2D eigenvalue weighted by Gasteiger charge is -2.35. The van der Waals surface area contributed by atoms with Crippen LogP contribution in [0.5, 0.6) is 0 Å². The zero-order chi connectivity index (χ0) is 27.1. The van der Waals surface area contributed by atoms with Crippen LogP contribution in [0.2, 0.25) is 0 Å². The van der Waals surface area contributed by atoms with E-state index < -0.39 is 46.8 Å². The molecule has 0 saturated carbocycles. The Labute approximate surface area is 226 Å². The number of aliphatic hydroxyl groups is 2. The van der Waals surface area contributed by atoms with E-state index in [0.29, 0.717) is 12.8 Å². The number of rotatable bonds is 2. The molecule has 1 aromatic heterocycles. The van der Waals surface area contributed by atoms with Crippen LogP contribution >= 0.6 is 22.9 Å². The van der Waals surface area contributed by atoms with Gasteiger partial charge in [-0.25, -0.2) is 4.98 Å². The topological polar surface area (TPSA) is 118 Å². The van der Waals surface area contributed by atoms with Gasteiger partial charge in [0.15, 0.2) is 5.06 Å². The first kappa shape index (κ1) is 28.4. The van der Waals surface area contributed by atoms with Crippen LogP contribution in [0.1, 0.15) is 63.6 Å². The second-order valence-electron chi connectivity index (χ2n) is 10.9. The van der Waals surface area contributed by atoms with E-state index in [1.807, 2.05) is 39.0 Å². The summed E-state index contributed by atoms with van der Waals surface area (Å²) in [6.45, 7) is 9.04. The number of aliphatic hydroxyl groups excluding tert-OH is 2. The highest BCUT2D eigenvalue weighted by atomic mass is 35.5. The molecule has 2 aliphatic heterocycles. The van der Waals surface area contributed by atoms with Crippen molar-refractivity contribution in [2.45, 2.75) is 83.4 Å². The Bertz CT molecular complexity index is 1150. The summed E-state index contributed by atoms with van der Waals surface area (Å²) in [5.74, 6) is -2.01. The molecule has 0 aliphatic carbocycles. The van der Waals surface area contributed by atoms with Crippen LogP contribution in [0.15, 0.2) is 18.2 Å². The predicted molar refractivity (Wildman–Crippen MR) is 140 cm³/mol. The lowest BCUT2D eigenvalue weighted by atomic mass is 9.72. The van der Waals surface area contributed by atoms with Crippen LogP contribution in [0.3, 0.4) is 0 Å². The zero-order valence-electron chi connectivity index (χ0n) is 21.9. The first-order valence-electron chi connectivity index (χ1n) is 12.8. The summed E-state index contributed by atoms with van der Waals surface area (Å²) in [6.07, 6.45) is -3.05. The average molecular weight is 554 g/mol. The van der Waals surface area contributed by atoms with Crippen LogP contribution in [0.25, 0.3) is 10.2 Å². The smallest absolute Gasteiger partial charge is 0.309 e. The molecule has 3 heterocycles. The highest BCUT2D eigenvalue weighted by Gasteiger charge is 2.57. The summed E-state index contributed by atoms with van der Waals surface area (Å²) < 4.78 is 18.4. The fourth-order valence-electron chi connectivity index (χ4n) is 4.98. The molecule has 0 amide bonds. The van der Waals surface area contributed by atoms with Gasteiger partial charge in [0.05, 0.1) is 52.5 Å². The SMILES string of the molecule is CC[C@H]1C(=O)C(C)(C)[C@@H](O)CC(=O)O[C@H](c2ccc3sc(C)nc3c2)C[C@@H]2O[C@]2(Cl)COC[C@H](C)[C@@H]1O. The number of carbonyl (C=O) groups is 2. The van der Waals surface area contributed by atoms with Crippen molar-refractivity contribution in [3.63, 3.8) is 0 Å². The van der Waals surface area contributed by atoms with Gasteiger partial charge in [-0.05, 0) is 31.0 Å². The van der Waals surface area contributed by atoms with Crippen molar-refractivity contribution in [2.75, 3.05) is 13.2 Å². The van der Waals surface area contributed by atoms with E-state index in [2.05, 4.69) is 4.98 Å². The minimum Gasteiger partial charge on any atom is -0.457 e. The normalized spacial score (nSPS) is 35.7. The fraction of sp³-hybridized carbons (Fsp3) is 0.667. The average Bonchev–Trinajstić information content (AvgIpc) is 3.30. The quantitative estimate of drug-likeness (QED) is 0.321. The number of halogens is 1. The van der Waals surface area contributed by atoms with E-state index in [1.165, 1.54) is 0 Å². The number of ether oxygens (including phenoxy) is 3. The van der Waals surface area contributed by atoms with Crippen LogP contribution in [0.4, 0.5) is 0 Å². The molecular weight excluding hydrogens is 518 g/mol. The van der Waals surface area contributed by atoms with Gasteiger partial charge in [-0.1, -0.05) is 45.4 Å². The van der Waals surface area contributed by atoms with Gasteiger partial charge in [0.2, 0.25) is 0 Å². The van der Waals surface area contributed by atoms with E-state index in [4.69, 9.17) is 25.8 Å². The van der Waals surface area contributed by atoms with Gasteiger partial charge < -0.3 is 24.4 Å². The van der Waals surface area contributed by atoms with Gasteiger partial charge in [0.25, 0.3) is 0 Å². The van der Waals surface area contributed by atoms with Gasteiger partial charge in [0.1, 0.15) is 18.0 Å². The van der Waals surface area contributed by atoms with Crippen LogP contribution in [0, 0.1) is 24.2 Å². The van der Waals surface area contributed by atoms with E-state index in [0.717, 1.165) is 20.8 Å². The number of hydrogen-bond donors (Lipinski definition) is 2. The highest BCUT2D eigenvalue weighted by Crippen LogP contribution is 2.47. The number of aryl methyl sites for hydroxylation is 1. The number of hydrogen-bond acceptors (Lipinski definition) is 9. The number of alkyl halides is 1. The third kappa shape index (κ3) is 6.02. The summed E-state index contributed by atoms with van der Waals surface area (Å²) in [7, 11) is 0. The number of carbonyl (C=O) groups excluding carboxylic acids is 2. The van der Waals surface area contributed by atoms with Crippen molar-refractivity contribution in [1.82, 2.24) is 4.98 Å². The number of Topliss-reactive ketones (excluding diaryl/α,β-unsaturated/α-hetero) is 1. The standard InChI is InChI=1S/C27H36ClNO7S/c1-6-17-24(32)14(2)12-34-13-27(28)22(36-27)10-19(16-7-8-20-18(9-16)29-15(3)37-20)35-23(31)11-21(30)26(4,5)25(17)33/h7-9,14,17,19,21-22,24,30,32H,6,10-13H2,1-5H3/t14-,17+,19-,21-,22-,24-,27+/m0/s1. The Kier molecular flexibility index (Phi) is 8.34. The largest absolute Gasteiger partial charge is 0.457 e. The fourth-order valence-corrected chi connectivity index (χ4v) is 6.06. The number of ketones is 1. The van der Waals surface area contributed by atoms with Gasteiger partial charge in [0, 0.05) is 18.3 Å². The maximum atomic E-state index is 13.4. The summed E-state index contributed by atoms with van der Waals surface area (Å²) in [4.78, 5) is 31.0. The molecular formula is C27H36ClNO7S. The van der Waals surface area contributed by atoms with Gasteiger partial charge in [-0.2, -0.15) is 0 Å². The summed E-state index contributed by atoms with van der Waals surface area (Å²) in [6, 6.07) is 5.73. The first-order valence-corrected chi connectivity index (χ1v) is 14.0. The molecule has 7 atom stereocenters. The molecule has 0 spiro atoms. The van der Waals surface area contributed by atoms with Gasteiger partial charge in [-0.3, -0.25) is 9.59 Å². The number of cyclic esters (lactones) is 1. The molecule has 204 valence electrons. The number of aromatic nitrogens is 1. The lowest BCUT2D eigenvalue weighted by Crippen LogP contribution is -2.47. The molecule has 0 bridgehead atoms. The minimum atomic E-state index is -1.29. The first-order chi connectivity index (χ1) is 17.4. The number of epoxide rings is 1. The molecule has 8 nitrogen and oxygen atoms in total. The van der Waals surface area contributed by atoms with Crippen molar-refractivity contribution in [2.24, 2.45) is 17.3 Å². The van der Waals surface area contributed by atoms with Crippen LogP contribution < -0.4 is 0 Å². The molecule has 2 aromatic rings. The van der Waals surface area contributed by atoms with Crippen molar-refractivity contribution in [3.8, 4) is 0 Å². The van der Waals surface area contributed by atoms with Crippen molar-refractivity contribution < 1.29 is 34.0 Å². The summed E-state index contributed by atoms with van der Waals surface area (Å²) in [5, 5.41) is 21.8. The Morgan fingerprint density at radius 1 is 1.24 bits per heavy atom. The zero-order valence-corrected chi connectivity index (χ0v) is 23.5. The van der Waals surface area contributed by atoms with Crippen molar-refractivity contribution in [1.29, 1.82) is 0 Å². The number of fused-ring (bicyclic) bond motifs is 2. The molecule has 2 fully saturated rings. The van der Waals surface area contributed by atoms with E-state index >= 15 is 0 Å². The van der Waals surface area contributed by atoms with Crippen LogP contribution in [-0.2, 0) is 23.8 Å². The second-order valence-corrected chi connectivity index (χ2v) is 12.7. The molecule has 37 heavy (non-hydrogen) atoms. The third-order valence-corrected chi connectivity index (χ3v) is 9.03. The molecule has 0 unspecified atom stereocenters. The van der Waals surface area contributed by atoms with Crippen LogP contribution in [-0.4, -0.2) is 63.5 Å². The maximum Gasteiger partial charge on any atom is 0.309 e. The maximum absolute atomic E-state index is 13.4. The Morgan fingerprint density at radius 3 is 2.68 bits per heavy atom. The molecule has 0 radical (unpaired) electrons. The van der Waals surface area contributed by atoms with E-state index in [1.54, 1.807) is 25.2 Å². The summed E-state index contributed by atoms with van der Waals surface area (Å²) >= 11 is 8.21. The monoisotopic (exact) mass is 553 g/mol. The molecule has 2 N–H and O–H groups in total. The minimum absolute atomic E-state index is 0.0935. The Morgan fingerprint density at radius 2 is 1.97 bits per heavy atom. The Hall–Kier alpha value is -1.62. The third-order valence-electron chi connectivity index (χ3n) is 7.63. The van der Waals surface area contributed by atoms with E-state index in [9.17, 15) is 19.8 Å². The van der Waals surface area contributed by atoms with Gasteiger partial charge >= 0.3 is 5.97 Å². The number of nitrogens with zero attached hydrogens (tertiary/aromatic N) is 1. The Balaban J connectivity index is 1.62. The van der Waals surface area contributed by atoms with E-state index in [-0.39, 0.29) is 31.3 Å². The second kappa shape index (κ2) is 10.9. The molecule has 10 heteroatoms. The number of benzene rings is 1. The van der Waals surface area contributed by atoms with Gasteiger partial charge in [-0.15, -0.1) is 11.3 Å². The molecule has 2 saturated heterocycles. The van der Waals surface area contributed by atoms with Crippen molar-refractivity contribution >= 4 is 44.9 Å².